The van der Waals surface area contributed by atoms with Crippen LogP contribution in [0.1, 0.15) is 57.9 Å². The molecular formula is C22H38N6. The summed E-state index contributed by atoms with van der Waals surface area (Å²) in [4.78, 5) is 14.4. The van der Waals surface area contributed by atoms with Gasteiger partial charge in [-0.1, -0.05) is 12.5 Å². The fraction of sp³-hybridized carbons (Fsp3) is 0.727. The van der Waals surface area contributed by atoms with Crippen molar-refractivity contribution in [1.82, 2.24) is 20.5 Å². The normalized spacial score (nSPS) is 21.1. The standard InChI is InChI=1S/C22H38N6/c1-3-23-22(24-12-8-16-27-13-5-4-9-19(27)2)26-18-20-10-11-21(25-17-20)28-14-6-7-15-28/h10-11,17,19H,3-9,12-16,18H2,1-2H3,(H2,23,24,26). The molecule has 1 aromatic heterocycles. The molecule has 2 aliphatic heterocycles. The van der Waals surface area contributed by atoms with Crippen LogP contribution in [0.4, 0.5) is 5.82 Å². The Labute approximate surface area is 170 Å². The molecule has 1 unspecified atom stereocenters. The molecule has 0 amide bonds. The first-order valence-electron chi connectivity index (χ1n) is 11.2. The Hall–Kier alpha value is -1.82. The highest BCUT2D eigenvalue weighted by Gasteiger charge is 2.17. The van der Waals surface area contributed by atoms with E-state index in [9.17, 15) is 0 Å². The Kier molecular flexibility index (Phi) is 8.40. The summed E-state index contributed by atoms with van der Waals surface area (Å²) in [5.41, 5.74) is 1.15. The van der Waals surface area contributed by atoms with Crippen LogP contribution in [0.15, 0.2) is 23.3 Å². The maximum Gasteiger partial charge on any atom is 0.191 e. The van der Waals surface area contributed by atoms with Crippen molar-refractivity contribution in [2.24, 2.45) is 4.99 Å². The molecule has 156 valence electrons. The summed E-state index contributed by atoms with van der Waals surface area (Å²) in [6.07, 6.45) is 9.78. The maximum atomic E-state index is 4.74. The molecular weight excluding hydrogens is 348 g/mol. The van der Waals surface area contributed by atoms with Crippen molar-refractivity contribution in [3.8, 4) is 0 Å². The van der Waals surface area contributed by atoms with Crippen LogP contribution in [0, 0.1) is 0 Å². The van der Waals surface area contributed by atoms with E-state index in [0.717, 1.165) is 56.0 Å². The number of anilines is 1. The Morgan fingerprint density at radius 2 is 1.96 bits per heavy atom. The molecule has 6 heteroatoms. The first kappa shape index (κ1) is 20.9. The Morgan fingerprint density at radius 3 is 2.68 bits per heavy atom. The summed E-state index contributed by atoms with van der Waals surface area (Å²) in [6, 6.07) is 5.04. The first-order chi connectivity index (χ1) is 13.8. The van der Waals surface area contributed by atoms with E-state index in [1.54, 1.807) is 0 Å². The smallest absolute Gasteiger partial charge is 0.191 e. The van der Waals surface area contributed by atoms with E-state index in [1.807, 2.05) is 6.20 Å². The van der Waals surface area contributed by atoms with Crippen LogP contribution in [0.3, 0.4) is 0 Å². The Bertz CT molecular complexity index is 594. The molecule has 0 saturated carbocycles. The maximum absolute atomic E-state index is 4.74. The number of likely N-dealkylation sites (tertiary alicyclic amines) is 1. The lowest BCUT2D eigenvalue weighted by Crippen LogP contribution is -2.41. The molecule has 1 atom stereocenters. The zero-order valence-corrected chi connectivity index (χ0v) is 17.8. The van der Waals surface area contributed by atoms with Crippen molar-refractivity contribution in [3.05, 3.63) is 23.9 Å². The number of rotatable bonds is 8. The fourth-order valence-corrected chi connectivity index (χ4v) is 4.13. The molecule has 6 nitrogen and oxygen atoms in total. The molecule has 0 aromatic carbocycles. The van der Waals surface area contributed by atoms with Crippen molar-refractivity contribution in [2.75, 3.05) is 44.2 Å². The molecule has 1 aromatic rings. The van der Waals surface area contributed by atoms with Gasteiger partial charge in [0, 0.05) is 45.0 Å². The summed E-state index contributed by atoms with van der Waals surface area (Å²) in [7, 11) is 0. The second-order valence-electron chi connectivity index (χ2n) is 8.08. The number of aliphatic imine (C=N–C) groups is 1. The van der Waals surface area contributed by atoms with Gasteiger partial charge in [-0.3, -0.25) is 0 Å². The number of nitrogens with zero attached hydrogens (tertiary/aromatic N) is 4. The lowest BCUT2D eigenvalue weighted by atomic mass is 10.0. The predicted octanol–water partition coefficient (Wildman–Crippen LogP) is 3.00. The number of piperidine rings is 1. The molecule has 2 aliphatic rings. The number of pyridine rings is 1. The van der Waals surface area contributed by atoms with Gasteiger partial charge in [-0.2, -0.15) is 0 Å². The van der Waals surface area contributed by atoms with Crippen LogP contribution in [-0.2, 0) is 6.54 Å². The quantitative estimate of drug-likeness (QED) is 0.409. The second-order valence-corrected chi connectivity index (χ2v) is 8.08. The average molecular weight is 387 g/mol. The zero-order chi connectivity index (χ0) is 19.6. The average Bonchev–Trinajstić information content (AvgIpc) is 3.26. The summed E-state index contributed by atoms with van der Waals surface area (Å²) < 4.78 is 0. The van der Waals surface area contributed by atoms with Crippen molar-refractivity contribution in [3.63, 3.8) is 0 Å². The van der Waals surface area contributed by atoms with Crippen LogP contribution in [-0.4, -0.2) is 61.2 Å². The van der Waals surface area contributed by atoms with E-state index in [1.165, 1.54) is 45.2 Å². The minimum atomic E-state index is 0.659. The zero-order valence-electron chi connectivity index (χ0n) is 17.8. The van der Waals surface area contributed by atoms with Gasteiger partial charge in [0.15, 0.2) is 5.96 Å². The van der Waals surface area contributed by atoms with Gasteiger partial charge in [0.25, 0.3) is 0 Å². The first-order valence-corrected chi connectivity index (χ1v) is 11.2. The number of aromatic nitrogens is 1. The van der Waals surface area contributed by atoms with Gasteiger partial charge in [-0.25, -0.2) is 9.98 Å². The van der Waals surface area contributed by atoms with Crippen molar-refractivity contribution in [1.29, 1.82) is 0 Å². The van der Waals surface area contributed by atoms with E-state index >= 15 is 0 Å². The van der Waals surface area contributed by atoms with E-state index < -0.39 is 0 Å². The largest absolute Gasteiger partial charge is 0.357 e. The number of hydrogen-bond donors (Lipinski definition) is 2. The highest BCUT2D eigenvalue weighted by molar-refractivity contribution is 5.79. The van der Waals surface area contributed by atoms with Crippen LogP contribution < -0.4 is 15.5 Å². The minimum absolute atomic E-state index is 0.659. The Morgan fingerprint density at radius 1 is 1.14 bits per heavy atom. The lowest BCUT2D eigenvalue weighted by Gasteiger charge is -2.33. The van der Waals surface area contributed by atoms with E-state index in [4.69, 9.17) is 4.99 Å². The van der Waals surface area contributed by atoms with Crippen LogP contribution >= 0.6 is 0 Å². The molecule has 3 heterocycles. The van der Waals surface area contributed by atoms with Gasteiger partial charge in [0.2, 0.25) is 0 Å². The number of hydrogen-bond acceptors (Lipinski definition) is 4. The Balaban J connectivity index is 1.42. The number of guanidine groups is 1. The van der Waals surface area contributed by atoms with Gasteiger partial charge in [0.1, 0.15) is 5.82 Å². The van der Waals surface area contributed by atoms with Crippen molar-refractivity contribution >= 4 is 11.8 Å². The topological polar surface area (TPSA) is 55.8 Å². The van der Waals surface area contributed by atoms with Crippen LogP contribution in [0.25, 0.3) is 0 Å². The van der Waals surface area contributed by atoms with Gasteiger partial charge >= 0.3 is 0 Å². The third kappa shape index (κ3) is 6.36. The van der Waals surface area contributed by atoms with Gasteiger partial charge in [-0.05, 0) is 64.1 Å². The molecule has 0 radical (unpaired) electrons. The lowest BCUT2D eigenvalue weighted by molar-refractivity contribution is 0.159. The van der Waals surface area contributed by atoms with E-state index in [-0.39, 0.29) is 0 Å². The van der Waals surface area contributed by atoms with Crippen LogP contribution in [0.5, 0.6) is 0 Å². The van der Waals surface area contributed by atoms with E-state index in [0.29, 0.717) is 6.54 Å². The van der Waals surface area contributed by atoms with Crippen molar-refractivity contribution in [2.45, 2.75) is 65.0 Å². The molecule has 3 rings (SSSR count). The summed E-state index contributed by atoms with van der Waals surface area (Å²) in [6.45, 7) is 11.7. The number of nitrogens with one attached hydrogen (secondary N) is 2. The minimum Gasteiger partial charge on any atom is -0.357 e. The SMILES string of the molecule is CCNC(=NCc1ccc(N2CCCC2)nc1)NCCCN1CCCCC1C. The second kappa shape index (κ2) is 11.2. The molecule has 0 aliphatic carbocycles. The summed E-state index contributed by atoms with van der Waals surface area (Å²) in [5, 5.41) is 6.84. The summed E-state index contributed by atoms with van der Waals surface area (Å²) in [5.74, 6) is 2.00. The van der Waals surface area contributed by atoms with Crippen LogP contribution in [0.2, 0.25) is 0 Å². The van der Waals surface area contributed by atoms with Gasteiger partial charge < -0.3 is 20.4 Å². The van der Waals surface area contributed by atoms with Crippen molar-refractivity contribution < 1.29 is 0 Å². The predicted molar refractivity (Wildman–Crippen MR) is 118 cm³/mol. The molecule has 0 bridgehead atoms. The monoisotopic (exact) mass is 386 g/mol. The third-order valence-corrected chi connectivity index (χ3v) is 5.86. The van der Waals surface area contributed by atoms with Gasteiger partial charge in [0.05, 0.1) is 6.54 Å². The fourth-order valence-electron chi connectivity index (χ4n) is 4.13. The molecule has 28 heavy (non-hydrogen) atoms. The summed E-state index contributed by atoms with van der Waals surface area (Å²) >= 11 is 0. The highest BCUT2D eigenvalue weighted by atomic mass is 15.2. The van der Waals surface area contributed by atoms with Gasteiger partial charge in [-0.15, -0.1) is 0 Å². The van der Waals surface area contributed by atoms with E-state index in [2.05, 4.69) is 51.4 Å². The molecule has 2 saturated heterocycles. The highest BCUT2D eigenvalue weighted by Crippen LogP contribution is 2.18. The molecule has 0 spiro atoms. The molecule has 2 fully saturated rings. The molecule has 2 N–H and O–H groups in total. The third-order valence-electron chi connectivity index (χ3n) is 5.86.